The first-order valence-electron chi connectivity index (χ1n) is 9.97. The number of piperidine rings is 1. The second-order valence-electron chi connectivity index (χ2n) is 7.55. The lowest BCUT2D eigenvalue weighted by molar-refractivity contribution is -0.135. The predicted octanol–water partition coefficient (Wildman–Crippen LogP) is 3.07. The maximum absolute atomic E-state index is 13.1. The van der Waals surface area contributed by atoms with Crippen LogP contribution in [0.25, 0.3) is 0 Å². The van der Waals surface area contributed by atoms with E-state index >= 15 is 0 Å². The number of amides is 1. The molecule has 0 bridgehead atoms. The summed E-state index contributed by atoms with van der Waals surface area (Å²) in [5, 5.41) is 0. The molecule has 0 saturated carbocycles. The summed E-state index contributed by atoms with van der Waals surface area (Å²) in [6.07, 6.45) is 0.921. The molecule has 8 heteroatoms. The minimum atomic E-state index is -3.67. The molecule has 2 aromatic carbocycles. The van der Waals surface area contributed by atoms with Crippen molar-refractivity contribution in [3.05, 3.63) is 59.9 Å². The highest BCUT2D eigenvalue weighted by atomic mass is 32.2. The van der Waals surface area contributed by atoms with E-state index in [2.05, 4.69) is 0 Å². The smallest absolute Gasteiger partial charge is 0.243 e. The number of hydrogen-bond donors (Lipinski definition) is 0. The van der Waals surface area contributed by atoms with E-state index in [0.29, 0.717) is 26.0 Å². The third-order valence-electron chi connectivity index (χ3n) is 5.35. The van der Waals surface area contributed by atoms with Crippen LogP contribution in [0.15, 0.2) is 53.4 Å². The first kappa shape index (κ1) is 22.2. The average molecular weight is 435 g/mol. The van der Waals surface area contributed by atoms with Gasteiger partial charge >= 0.3 is 0 Å². The minimum absolute atomic E-state index is 0.00124. The molecule has 0 radical (unpaired) electrons. The van der Waals surface area contributed by atoms with Crippen molar-refractivity contribution in [3.8, 4) is 5.75 Å². The number of ether oxygens (including phenoxy) is 1. The van der Waals surface area contributed by atoms with Crippen molar-refractivity contribution >= 4 is 15.9 Å². The molecule has 0 aliphatic carbocycles. The quantitative estimate of drug-likeness (QED) is 0.672. The summed E-state index contributed by atoms with van der Waals surface area (Å²) in [6.45, 7) is 3.39. The van der Waals surface area contributed by atoms with Crippen LogP contribution in [0.4, 0.5) is 4.39 Å². The molecule has 1 saturated heterocycles. The van der Waals surface area contributed by atoms with E-state index in [0.717, 1.165) is 23.4 Å². The van der Waals surface area contributed by atoms with Crippen molar-refractivity contribution in [2.24, 2.45) is 5.92 Å². The Morgan fingerprint density at radius 1 is 1.10 bits per heavy atom. The van der Waals surface area contributed by atoms with Crippen LogP contribution in [0, 0.1) is 18.7 Å². The molecule has 0 unspecified atom stereocenters. The SMILES string of the molecule is Cc1ccc(OCCN(C)C(=O)C2CCN(S(=O)(=O)c3ccc(F)cc3)CC2)cc1. The fourth-order valence-corrected chi connectivity index (χ4v) is 4.93. The van der Waals surface area contributed by atoms with E-state index in [-0.39, 0.29) is 29.8 Å². The van der Waals surface area contributed by atoms with Crippen molar-refractivity contribution in [2.75, 3.05) is 33.3 Å². The highest BCUT2D eigenvalue weighted by molar-refractivity contribution is 7.89. The Bertz CT molecular complexity index is 954. The molecule has 6 nitrogen and oxygen atoms in total. The summed E-state index contributed by atoms with van der Waals surface area (Å²) in [5.74, 6) is 0.0729. The maximum Gasteiger partial charge on any atom is 0.243 e. The fourth-order valence-electron chi connectivity index (χ4n) is 3.46. The summed E-state index contributed by atoms with van der Waals surface area (Å²) in [5.41, 5.74) is 1.16. The minimum Gasteiger partial charge on any atom is -0.492 e. The second-order valence-corrected chi connectivity index (χ2v) is 9.49. The van der Waals surface area contributed by atoms with Gasteiger partial charge in [-0.05, 0) is 56.2 Å². The number of aryl methyl sites for hydroxylation is 1. The molecule has 3 rings (SSSR count). The van der Waals surface area contributed by atoms with Gasteiger partial charge in [-0.25, -0.2) is 12.8 Å². The molecule has 0 atom stereocenters. The number of hydrogen-bond acceptors (Lipinski definition) is 4. The summed E-state index contributed by atoms with van der Waals surface area (Å²) in [4.78, 5) is 14.4. The zero-order valence-corrected chi connectivity index (χ0v) is 18.1. The third-order valence-corrected chi connectivity index (χ3v) is 7.26. The fraction of sp³-hybridized carbons (Fsp3) is 0.409. The van der Waals surface area contributed by atoms with Crippen LogP contribution in [0.3, 0.4) is 0 Å². The highest BCUT2D eigenvalue weighted by Gasteiger charge is 2.33. The Morgan fingerprint density at radius 3 is 2.30 bits per heavy atom. The molecule has 1 aliphatic rings. The zero-order valence-electron chi connectivity index (χ0n) is 17.3. The molecule has 1 heterocycles. The van der Waals surface area contributed by atoms with Gasteiger partial charge in [-0.2, -0.15) is 4.31 Å². The molecule has 162 valence electrons. The zero-order chi connectivity index (χ0) is 21.7. The molecule has 0 N–H and O–H groups in total. The van der Waals surface area contributed by atoms with Crippen LogP contribution in [0.2, 0.25) is 0 Å². The van der Waals surface area contributed by atoms with Crippen molar-refractivity contribution in [3.63, 3.8) is 0 Å². The van der Waals surface area contributed by atoms with Crippen LogP contribution in [-0.4, -0.2) is 56.8 Å². The van der Waals surface area contributed by atoms with E-state index in [1.807, 2.05) is 31.2 Å². The summed E-state index contributed by atoms with van der Waals surface area (Å²) < 4.78 is 45.5. The highest BCUT2D eigenvalue weighted by Crippen LogP contribution is 2.25. The Kier molecular flexibility index (Phi) is 7.10. The van der Waals surface area contributed by atoms with Gasteiger partial charge in [-0.15, -0.1) is 0 Å². The van der Waals surface area contributed by atoms with Gasteiger partial charge in [0.2, 0.25) is 15.9 Å². The summed E-state index contributed by atoms with van der Waals surface area (Å²) in [7, 11) is -1.94. The van der Waals surface area contributed by atoms with Crippen molar-refractivity contribution < 1.29 is 22.3 Å². The number of nitrogens with zero attached hydrogens (tertiary/aromatic N) is 2. The first-order chi connectivity index (χ1) is 14.3. The van der Waals surface area contributed by atoms with Crippen molar-refractivity contribution in [1.82, 2.24) is 9.21 Å². The summed E-state index contributed by atoms with van der Waals surface area (Å²) >= 11 is 0. The molecule has 1 aliphatic heterocycles. The monoisotopic (exact) mass is 434 g/mol. The number of carbonyl (C=O) groups is 1. The lowest BCUT2D eigenvalue weighted by Gasteiger charge is -2.32. The lowest BCUT2D eigenvalue weighted by atomic mass is 9.97. The largest absolute Gasteiger partial charge is 0.492 e. The van der Waals surface area contributed by atoms with E-state index in [1.165, 1.54) is 16.4 Å². The van der Waals surface area contributed by atoms with Crippen LogP contribution in [0.5, 0.6) is 5.75 Å². The van der Waals surface area contributed by atoms with Gasteiger partial charge in [0.1, 0.15) is 18.2 Å². The van der Waals surface area contributed by atoms with Crippen LogP contribution in [0.1, 0.15) is 18.4 Å². The van der Waals surface area contributed by atoms with Gasteiger partial charge in [0.25, 0.3) is 0 Å². The number of benzene rings is 2. The molecule has 30 heavy (non-hydrogen) atoms. The van der Waals surface area contributed by atoms with E-state index < -0.39 is 15.8 Å². The molecule has 2 aromatic rings. The Labute approximate surface area is 177 Å². The van der Waals surface area contributed by atoms with Crippen molar-refractivity contribution in [1.29, 1.82) is 0 Å². The number of likely N-dealkylation sites (N-methyl/N-ethyl adjacent to an activating group) is 1. The number of halogens is 1. The Hall–Kier alpha value is -2.45. The van der Waals surface area contributed by atoms with Gasteiger partial charge in [-0.3, -0.25) is 4.79 Å². The van der Waals surface area contributed by atoms with Crippen LogP contribution >= 0.6 is 0 Å². The van der Waals surface area contributed by atoms with E-state index in [9.17, 15) is 17.6 Å². The van der Waals surface area contributed by atoms with Gasteiger partial charge in [-0.1, -0.05) is 17.7 Å². The standard InChI is InChI=1S/C22H27FN2O4S/c1-17-3-7-20(8-4-17)29-16-15-24(2)22(26)18-11-13-25(14-12-18)30(27,28)21-9-5-19(23)6-10-21/h3-10,18H,11-16H2,1-2H3. The average Bonchev–Trinajstić information content (AvgIpc) is 2.75. The van der Waals surface area contributed by atoms with E-state index in [4.69, 9.17) is 4.74 Å². The van der Waals surface area contributed by atoms with E-state index in [1.54, 1.807) is 11.9 Å². The number of rotatable bonds is 7. The van der Waals surface area contributed by atoms with Gasteiger partial charge in [0.15, 0.2) is 0 Å². The Morgan fingerprint density at radius 2 is 1.70 bits per heavy atom. The van der Waals surface area contributed by atoms with Gasteiger partial charge in [0.05, 0.1) is 11.4 Å². The third kappa shape index (κ3) is 5.37. The second kappa shape index (κ2) is 9.57. The molecular formula is C22H27FN2O4S. The molecule has 1 fully saturated rings. The first-order valence-corrected chi connectivity index (χ1v) is 11.4. The Balaban J connectivity index is 1.48. The van der Waals surface area contributed by atoms with Gasteiger partial charge < -0.3 is 9.64 Å². The number of carbonyl (C=O) groups excluding carboxylic acids is 1. The predicted molar refractivity (Wildman–Crippen MR) is 112 cm³/mol. The maximum atomic E-state index is 13.1. The molecule has 1 amide bonds. The molecule has 0 aromatic heterocycles. The van der Waals surface area contributed by atoms with Crippen LogP contribution < -0.4 is 4.74 Å². The lowest BCUT2D eigenvalue weighted by Crippen LogP contribution is -2.44. The van der Waals surface area contributed by atoms with Gasteiger partial charge in [0, 0.05) is 26.1 Å². The number of sulfonamides is 1. The van der Waals surface area contributed by atoms with Crippen LogP contribution in [-0.2, 0) is 14.8 Å². The topological polar surface area (TPSA) is 66.9 Å². The molecule has 0 spiro atoms. The molecular weight excluding hydrogens is 407 g/mol. The normalized spacial score (nSPS) is 15.7. The summed E-state index contributed by atoms with van der Waals surface area (Å²) in [6, 6.07) is 12.5. The van der Waals surface area contributed by atoms with Crippen molar-refractivity contribution in [2.45, 2.75) is 24.7 Å².